The first-order valence-corrected chi connectivity index (χ1v) is 9.09. The lowest BCUT2D eigenvalue weighted by Gasteiger charge is -2.43. The molecular weight excluding hydrogens is 322 g/mol. The quantitative estimate of drug-likeness (QED) is 0.723. The number of hydrogen-bond acceptors (Lipinski definition) is 4. The van der Waals surface area contributed by atoms with Crippen LogP contribution in [0.25, 0.3) is 0 Å². The highest BCUT2D eigenvalue weighted by Crippen LogP contribution is 2.35. The van der Waals surface area contributed by atoms with Crippen LogP contribution in [0, 0.1) is 17.3 Å². The van der Waals surface area contributed by atoms with Crippen LogP contribution in [0.4, 0.5) is 4.79 Å². The third-order valence-electron chi connectivity index (χ3n) is 5.61. The van der Waals surface area contributed by atoms with Crippen LogP contribution in [-0.2, 0) is 14.4 Å². The smallest absolute Gasteiger partial charge is 0.333 e. The van der Waals surface area contributed by atoms with Gasteiger partial charge in [-0.25, -0.2) is 4.79 Å². The van der Waals surface area contributed by atoms with Crippen molar-refractivity contribution in [2.75, 3.05) is 26.7 Å². The average molecular weight is 351 g/mol. The Morgan fingerprint density at radius 3 is 2.04 bits per heavy atom. The van der Waals surface area contributed by atoms with Crippen LogP contribution in [0.3, 0.4) is 0 Å². The Hall–Kier alpha value is -1.92. The summed E-state index contributed by atoms with van der Waals surface area (Å²) in [6.07, 6.45) is 1.68. The van der Waals surface area contributed by atoms with Gasteiger partial charge < -0.3 is 4.90 Å². The highest BCUT2D eigenvalue weighted by Gasteiger charge is 2.54. The van der Waals surface area contributed by atoms with E-state index in [1.165, 1.54) is 7.05 Å². The monoisotopic (exact) mass is 351 g/mol. The molecule has 0 bridgehead atoms. The first kappa shape index (κ1) is 19.4. The molecule has 2 aliphatic rings. The van der Waals surface area contributed by atoms with E-state index in [1.54, 1.807) is 18.7 Å². The van der Waals surface area contributed by atoms with E-state index < -0.39 is 23.3 Å². The number of imide groups is 2. The number of urea groups is 1. The molecule has 5 amide bonds. The molecule has 0 spiro atoms. The molecule has 25 heavy (non-hydrogen) atoms. The Labute approximate surface area is 149 Å². The van der Waals surface area contributed by atoms with Crippen molar-refractivity contribution in [1.82, 2.24) is 14.7 Å². The molecule has 2 saturated heterocycles. The summed E-state index contributed by atoms with van der Waals surface area (Å²) in [7, 11) is 1.37. The fourth-order valence-electron chi connectivity index (χ4n) is 4.12. The van der Waals surface area contributed by atoms with Gasteiger partial charge in [0.1, 0.15) is 12.0 Å². The molecule has 2 atom stereocenters. The van der Waals surface area contributed by atoms with Crippen molar-refractivity contribution >= 4 is 23.8 Å². The van der Waals surface area contributed by atoms with Crippen molar-refractivity contribution in [3.05, 3.63) is 0 Å². The summed E-state index contributed by atoms with van der Waals surface area (Å²) in [5.74, 6) is -0.456. The highest BCUT2D eigenvalue weighted by molar-refractivity contribution is 6.19. The SMILES string of the molecule is CCC1(CC)C(=O)N(C)C(=O)N(CC(=O)N2CC(C)CC(C)C2)C1=O. The maximum atomic E-state index is 12.9. The molecule has 0 aliphatic carbocycles. The van der Waals surface area contributed by atoms with Gasteiger partial charge in [-0.3, -0.25) is 24.2 Å². The van der Waals surface area contributed by atoms with Gasteiger partial charge in [-0.15, -0.1) is 0 Å². The van der Waals surface area contributed by atoms with E-state index in [0.29, 0.717) is 37.8 Å². The highest BCUT2D eigenvalue weighted by atomic mass is 16.2. The molecule has 2 heterocycles. The molecule has 0 saturated carbocycles. The number of rotatable bonds is 4. The Morgan fingerprint density at radius 2 is 1.56 bits per heavy atom. The van der Waals surface area contributed by atoms with Crippen LogP contribution in [-0.4, -0.2) is 65.1 Å². The van der Waals surface area contributed by atoms with E-state index >= 15 is 0 Å². The summed E-state index contributed by atoms with van der Waals surface area (Å²) in [4.78, 5) is 54.2. The van der Waals surface area contributed by atoms with Gasteiger partial charge in [0, 0.05) is 20.1 Å². The molecule has 0 radical (unpaired) electrons. The lowest BCUT2D eigenvalue weighted by Crippen LogP contribution is -2.65. The molecule has 7 nitrogen and oxygen atoms in total. The summed E-state index contributed by atoms with van der Waals surface area (Å²) in [5.41, 5.74) is -1.24. The number of piperidine rings is 1. The first-order chi connectivity index (χ1) is 11.7. The molecule has 2 aliphatic heterocycles. The van der Waals surface area contributed by atoms with Gasteiger partial charge >= 0.3 is 6.03 Å². The van der Waals surface area contributed by atoms with Crippen LogP contribution in [0.2, 0.25) is 0 Å². The standard InChI is InChI=1S/C18H29N3O4/c1-6-18(7-2)15(23)19(5)17(25)21(16(18)24)11-14(22)20-9-12(3)8-13(4)10-20/h12-13H,6-11H2,1-5H3. The average Bonchev–Trinajstić information content (AvgIpc) is 2.57. The van der Waals surface area contributed by atoms with Crippen LogP contribution >= 0.6 is 0 Å². The number of nitrogens with zero attached hydrogens (tertiary/aromatic N) is 3. The maximum Gasteiger partial charge on any atom is 0.333 e. The molecule has 0 N–H and O–H groups in total. The van der Waals surface area contributed by atoms with E-state index in [0.717, 1.165) is 16.2 Å². The molecule has 7 heteroatoms. The summed E-state index contributed by atoms with van der Waals surface area (Å²) in [6, 6.07) is -0.709. The minimum atomic E-state index is -1.24. The van der Waals surface area contributed by atoms with Gasteiger partial charge in [-0.1, -0.05) is 27.7 Å². The number of carbonyl (C=O) groups excluding carboxylic acids is 4. The third-order valence-corrected chi connectivity index (χ3v) is 5.61. The lowest BCUT2D eigenvalue weighted by atomic mass is 9.78. The van der Waals surface area contributed by atoms with Crippen molar-refractivity contribution in [2.45, 2.75) is 47.0 Å². The Balaban J connectivity index is 2.22. The van der Waals surface area contributed by atoms with Gasteiger partial charge in [0.25, 0.3) is 0 Å². The Bertz CT molecular complexity index is 575. The Morgan fingerprint density at radius 1 is 1.04 bits per heavy atom. The van der Waals surface area contributed by atoms with Crippen molar-refractivity contribution in [1.29, 1.82) is 0 Å². The van der Waals surface area contributed by atoms with Crippen LogP contribution < -0.4 is 0 Å². The second-order valence-electron chi connectivity index (χ2n) is 7.57. The molecule has 2 fully saturated rings. The van der Waals surface area contributed by atoms with Gasteiger partial charge in [-0.2, -0.15) is 0 Å². The van der Waals surface area contributed by atoms with Crippen molar-refractivity contribution in [3.63, 3.8) is 0 Å². The maximum absolute atomic E-state index is 12.9. The summed E-state index contributed by atoms with van der Waals surface area (Å²) >= 11 is 0. The van der Waals surface area contributed by atoms with E-state index in [1.807, 2.05) is 0 Å². The van der Waals surface area contributed by atoms with E-state index in [4.69, 9.17) is 0 Å². The van der Waals surface area contributed by atoms with Crippen LogP contribution in [0.1, 0.15) is 47.0 Å². The molecule has 2 unspecified atom stereocenters. The van der Waals surface area contributed by atoms with Crippen LogP contribution in [0.15, 0.2) is 0 Å². The molecule has 0 aromatic carbocycles. The summed E-state index contributed by atoms with van der Waals surface area (Å²) in [6.45, 7) is 8.70. The van der Waals surface area contributed by atoms with Crippen LogP contribution in [0.5, 0.6) is 0 Å². The van der Waals surface area contributed by atoms with Gasteiger partial charge in [0.05, 0.1) is 0 Å². The number of barbiturate groups is 1. The fraction of sp³-hybridized carbons (Fsp3) is 0.778. The molecule has 140 valence electrons. The Kier molecular flexibility index (Phi) is 5.54. The minimum absolute atomic E-state index is 0.232. The molecule has 0 aromatic heterocycles. The third kappa shape index (κ3) is 3.28. The second-order valence-corrected chi connectivity index (χ2v) is 7.57. The molecule has 0 aromatic rings. The largest absolute Gasteiger partial charge is 0.341 e. The first-order valence-electron chi connectivity index (χ1n) is 9.09. The molecule has 2 rings (SSSR count). The zero-order valence-electron chi connectivity index (χ0n) is 15.9. The lowest BCUT2D eigenvalue weighted by molar-refractivity contribution is -0.160. The molecular formula is C18H29N3O4. The normalized spacial score (nSPS) is 27.1. The van der Waals surface area contributed by atoms with E-state index in [2.05, 4.69) is 13.8 Å². The van der Waals surface area contributed by atoms with Crippen molar-refractivity contribution in [2.24, 2.45) is 17.3 Å². The topological polar surface area (TPSA) is 78.0 Å². The van der Waals surface area contributed by atoms with Crippen molar-refractivity contribution in [3.8, 4) is 0 Å². The van der Waals surface area contributed by atoms with Gasteiger partial charge in [0.15, 0.2) is 0 Å². The number of carbonyl (C=O) groups is 4. The minimum Gasteiger partial charge on any atom is -0.341 e. The van der Waals surface area contributed by atoms with Crippen molar-refractivity contribution < 1.29 is 19.2 Å². The van der Waals surface area contributed by atoms with E-state index in [-0.39, 0.29) is 12.5 Å². The fourth-order valence-corrected chi connectivity index (χ4v) is 4.12. The van der Waals surface area contributed by atoms with E-state index in [9.17, 15) is 19.2 Å². The second kappa shape index (κ2) is 7.14. The summed E-state index contributed by atoms with van der Waals surface area (Å²) in [5, 5.41) is 0. The predicted octanol–water partition coefficient (Wildman–Crippen LogP) is 1.72. The zero-order valence-corrected chi connectivity index (χ0v) is 15.9. The van der Waals surface area contributed by atoms with Gasteiger partial charge in [0.2, 0.25) is 17.7 Å². The number of hydrogen-bond donors (Lipinski definition) is 0. The predicted molar refractivity (Wildman–Crippen MR) is 92.4 cm³/mol. The zero-order chi connectivity index (χ0) is 18.9. The number of amides is 5. The summed E-state index contributed by atoms with van der Waals surface area (Å²) < 4.78 is 0. The van der Waals surface area contributed by atoms with Gasteiger partial charge in [-0.05, 0) is 31.1 Å². The number of likely N-dealkylation sites (tertiary alicyclic amines) is 1.